The number of hydrogen-bond donors (Lipinski definition) is 2. The van der Waals surface area contributed by atoms with Gasteiger partial charge in [0.2, 0.25) is 0 Å². The van der Waals surface area contributed by atoms with Gasteiger partial charge >= 0.3 is 11.7 Å². The minimum absolute atomic E-state index is 0.000897. The van der Waals surface area contributed by atoms with E-state index in [1.165, 1.54) is 20.5 Å². The highest BCUT2D eigenvalue weighted by molar-refractivity contribution is 5.98. The van der Waals surface area contributed by atoms with Crippen molar-refractivity contribution >= 4 is 11.8 Å². The quantitative estimate of drug-likeness (QED) is 0.607. The van der Waals surface area contributed by atoms with E-state index in [1.807, 2.05) is 0 Å². The summed E-state index contributed by atoms with van der Waals surface area (Å²) in [6.07, 6.45) is 0.349. The normalized spacial score (nSPS) is 15.1. The number of methoxy groups -OCH3 is 2. The molecule has 1 aromatic carbocycles. The van der Waals surface area contributed by atoms with E-state index in [0.29, 0.717) is 17.1 Å². The Morgan fingerprint density at radius 1 is 1.17 bits per heavy atom. The van der Waals surface area contributed by atoms with Crippen LogP contribution in [0, 0.1) is 0 Å². The molecule has 0 bridgehead atoms. The zero-order chi connectivity index (χ0) is 20.7. The van der Waals surface area contributed by atoms with Gasteiger partial charge in [-0.1, -0.05) is 6.07 Å². The van der Waals surface area contributed by atoms with Gasteiger partial charge < -0.3 is 24.4 Å². The van der Waals surface area contributed by atoms with Gasteiger partial charge in [-0.05, 0) is 18.2 Å². The van der Waals surface area contributed by atoms with Gasteiger partial charge in [-0.15, -0.1) is 0 Å². The summed E-state index contributed by atoms with van der Waals surface area (Å²) >= 11 is 0. The van der Waals surface area contributed by atoms with E-state index in [-0.39, 0.29) is 29.2 Å². The van der Waals surface area contributed by atoms with E-state index < -0.39 is 23.3 Å². The number of fused-ring (bicyclic) bond motifs is 1. The standard InChI is InChI=1S/C19H17N3O7/c1-26-11-6-5-10-12(15(11)27-2)18(24)29-14(10)13-16(20)22(19(25)21-17(13)23)8-9-4-3-7-28-9/h3-7,14H,8,20H2,1-2H3,(H,21,23,25)/t14-/m1/s1. The van der Waals surface area contributed by atoms with Gasteiger partial charge in [-0.3, -0.25) is 14.3 Å². The molecule has 0 saturated heterocycles. The maximum Gasteiger partial charge on any atom is 0.343 e. The Morgan fingerprint density at radius 3 is 2.62 bits per heavy atom. The fourth-order valence-corrected chi connectivity index (χ4v) is 3.39. The lowest BCUT2D eigenvalue weighted by Crippen LogP contribution is -2.36. The number of H-pyrrole nitrogens is 1. The van der Waals surface area contributed by atoms with Crippen LogP contribution in [0.1, 0.15) is 33.3 Å². The van der Waals surface area contributed by atoms with Gasteiger partial charge in [-0.25, -0.2) is 9.59 Å². The highest BCUT2D eigenvalue weighted by atomic mass is 16.6. The third-order valence-electron chi connectivity index (χ3n) is 4.72. The first kappa shape index (κ1) is 18.4. The van der Waals surface area contributed by atoms with Crippen LogP contribution in [0.15, 0.2) is 44.5 Å². The van der Waals surface area contributed by atoms with Crippen LogP contribution < -0.4 is 26.5 Å². The molecular weight excluding hydrogens is 382 g/mol. The lowest BCUT2D eigenvalue weighted by molar-refractivity contribution is 0.0452. The number of benzene rings is 1. The van der Waals surface area contributed by atoms with Crippen LogP contribution in [0.25, 0.3) is 0 Å². The number of carbonyl (C=O) groups is 1. The molecule has 0 radical (unpaired) electrons. The third kappa shape index (κ3) is 2.85. The number of ether oxygens (including phenoxy) is 3. The molecule has 29 heavy (non-hydrogen) atoms. The molecule has 0 saturated carbocycles. The number of nitrogens with one attached hydrogen (secondary N) is 1. The smallest absolute Gasteiger partial charge is 0.343 e. The van der Waals surface area contributed by atoms with Gasteiger partial charge in [0.05, 0.1) is 27.0 Å². The predicted octanol–water partition coefficient (Wildman–Crippen LogP) is 1.04. The first-order valence-corrected chi connectivity index (χ1v) is 8.57. The Balaban J connectivity index is 1.89. The van der Waals surface area contributed by atoms with Crippen molar-refractivity contribution in [3.8, 4) is 11.5 Å². The van der Waals surface area contributed by atoms with Crippen LogP contribution in [0.4, 0.5) is 5.82 Å². The van der Waals surface area contributed by atoms with Crippen LogP contribution in [0.5, 0.6) is 11.5 Å². The molecule has 0 fully saturated rings. The van der Waals surface area contributed by atoms with E-state index in [4.69, 9.17) is 24.4 Å². The van der Waals surface area contributed by atoms with Crippen molar-refractivity contribution in [2.75, 3.05) is 20.0 Å². The van der Waals surface area contributed by atoms with Crippen molar-refractivity contribution in [2.24, 2.45) is 0 Å². The summed E-state index contributed by atoms with van der Waals surface area (Å²) in [5, 5.41) is 0. The molecule has 3 aromatic rings. The molecule has 3 heterocycles. The number of hydrogen-bond acceptors (Lipinski definition) is 8. The fraction of sp³-hybridized carbons (Fsp3) is 0.211. The lowest BCUT2D eigenvalue weighted by atomic mass is 9.99. The highest BCUT2D eigenvalue weighted by Crippen LogP contribution is 2.44. The summed E-state index contributed by atoms with van der Waals surface area (Å²) < 4.78 is 22.3. The first-order valence-electron chi connectivity index (χ1n) is 8.57. The molecule has 0 unspecified atom stereocenters. The minimum Gasteiger partial charge on any atom is -0.493 e. The Morgan fingerprint density at radius 2 is 1.97 bits per heavy atom. The SMILES string of the molecule is COc1ccc2c(c1OC)C(=O)O[C@H]2c1c(N)n(Cc2ccco2)c(=O)[nH]c1=O. The predicted molar refractivity (Wildman–Crippen MR) is 100 cm³/mol. The molecule has 150 valence electrons. The number of anilines is 1. The van der Waals surface area contributed by atoms with Gasteiger partial charge in [0.1, 0.15) is 22.7 Å². The summed E-state index contributed by atoms with van der Waals surface area (Å²) in [7, 11) is 2.83. The molecule has 1 aliphatic rings. The summed E-state index contributed by atoms with van der Waals surface area (Å²) in [5.41, 5.74) is 5.17. The van der Waals surface area contributed by atoms with Crippen molar-refractivity contribution in [1.82, 2.24) is 9.55 Å². The number of furan rings is 1. The van der Waals surface area contributed by atoms with Crippen molar-refractivity contribution in [2.45, 2.75) is 12.6 Å². The fourth-order valence-electron chi connectivity index (χ4n) is 3.39. The molecule has 1 aliphatic heterocycles. The van der Waals surface area contributed by atoms with Crippen molar-refractivity contribution in [3.63, 3.8) is 0 Å². The maximum absolute atomic E-state index is 12.6. The molecule has 0 spiro atoms. The lowest BCUT2D eigenvalue weighted by Gasteiger charge is -2.16. The van der Waals surface area contributed by atoms with Crippen LogP contribution in [-0.4, -0.2) is 29.7 Å². The number of cyclic esters (lactones) is 1. The molecule has 3 N–H and O–H groups in total. The number of esters is 1. The van der Waals surface area contributed by atoms with Gasteiger partial charge in [0.25, 0.3) is 5.56 Å². The minimum atomic E-state index is -1.11. The number of nitrogen functional groups attached to an aromatic ring is 1. The van der Waals surface area contributed by atoms with Crippen molar-refractivity contribution in [1.29, 1.82) is 0 Å². The van der Waals surface area contributed by atoms with E-state index in [9.17, 15) is 14.4 Å². The second kappa shape index (κ2) is 6.89. The number of aromatic amines is 1. The Kier molecular flexibility index (Phi) is 4.38. The molecular formula is C19H17N3O7. The van der Waals surface area contributed by atoms with Gasteiger partial charge in [0.15, 0.2) is 17.6 Å². The zero-order valence-corrected chi connectivity index (χ0v) is 15.6. The molecule has 4 rings (SSSR count). The van der Waals surface area contributed by atoms with Crippen LogP contribution >= 0.6 is 0 Å². The number of nitrogens with two attached hydrogens (primary N) is 1. The monoisotopic (exact) mass is 399 g/mol. The first-order chi connectivity index (χ1) is 14.0. The Hall–Kier alpha value is -3.95. The molecule has 10 nitrogen and oxygen atoms in total. The average Bonchev–Trinajstić information content (AvgIpc) is 3.32. The topological polar surface area (TPSA) is 139 Å². The van der Waals surface area contributed by atoms with Crippen LogP contribution in [0.3, 0.4) is 0 Å². The van der Waals surface area contributed by atoms with E-state index in [1.54, 1.807) is 24.3 Å². The van der Waals surface area contributed by atoms with Gasteiger partial charge in [0, 0.05) is 5.56 Å². The number of carbonyl (C=O) groups excluding carboxylic acids is 1. The van der Waals surface area contributed by atoms with E-state index >= 15 is 0 Å². The number of nitrogens with zero attached hydrogens (tertiary/aromatic N) is 1. The Bertz CT molecular complexity index is 1210. The molecule has 2 aromatic heterocycles. The second-order valence-electron chi connectivity index (χ2n) is 6.27. The third-order valence-corrected chi connectivity index (χ3v) is 4.72. The molecule has 0 aliphatic carbocycles. The maximum atomic E-state index is 12.6. The van der Waals surface area contributed by atoms with E-state index in [0.717, 1.165) is 4.57 Å². The van der Waals surface area contributed by atoms with Crippen molar-refractivity contribution in [3.05, 3.63) is 73.8 Å². The summed E-state index contributed by atoms with van der Waals surface area (Å²) in [6.45, 7) is 0.000897. The van der Waals surface area contributed by atoms with E-state index in [2.05, 4.69) is 4.98 Å². The summed E-state index contributed by atoms with van der Waals surface area (Å²) in [6, 6.07) is 6.51. The molecule has 1 atom stereocenters. The van der Waals surface area contributed by atoms with Gasteiger partial charge in [-0.2, -0.15) is 0 Å². The second-order valence-corrected chi connectivity index (χ2v) is 6.27. The van der Waals surface area contributed by atoms with Crippen molar-refractivity contribution < 1.29 is 23.4 Å². The van der Waals surface area contributed by atoms with Crippen LogP contribution in [0.2, 0.25) is 0 Å². The summed E-state index contributed by atoms with van der Waals surface area (Å²) in [5.74, 6) is 0.177. The molecule has 10 heteroatoms. The average molecular weight is 399 g/mol. The Labute approximate surface area is 163 Å². The zero-order valence-electron chi connectivity index (χ0n) is 15.6. The molecule has 0 amide bonds. The largest absolute Gasteiger partial charge is 0.493 e. The van der Waals surface area contributed by atoms with Crippen LogP contribution in [-0.2, 0) is 11.3 Å². The number of rotatable bonds is 5. The summed E-state index contributed by atoms with van der Waals surface area (Å²) in [4.78, 5) is 39.6. The number of aromatic nitrogens is 2. The highest BCUT2D eigenvalue weighted by Gasteiger charge is 2.39.